The van der Waals surface area contributed by atoms with Crippen LogP contribution < -0.4 is 0 Å². The first kappa shape index (κ1) is 14.7. The van der Waals surface area contributed by atoms with Crippen molar-refractivity contribution in [1.82, 2.24) is 9.97 Å². The molecular weight excluding hydrogens is 296 g/mol. The molecular formula is C13H9ClF4N2. The van der Waals surface area contributed by atoms with E-state index in [0.717, 1.165) is 12.1 Å². The molecule has 0 radical (unpaired) electrons. The standard InChI is InChI=1S/C13H9ClF4N2/c1-7-4-9(6-14)20-12(19-7)10-3-2-8(15)5-11(10)13(16,17)18/h2-5H,6H2,1H3. The summed E-state index contributed by atoms with van der Waals surface area (Å²) in [6.07, 6.45) is -4.69. The molecule has 0 aliphatic rings. The summed E-state index contributed by atoms with van der Waals surface area (Å²) in [5.74, 6) is -1.03. The van der Waals surface area contributed by atoms with Crippen molar-refractivity contribution in [2.75, 3.05) is 0 Å². The molecule has 0 aliphatic carbocycles. The van der Waals surface area contributed by atoms with Gasteiger partial charge < -0.3 is 0 Å². The average molecular weight is 305 g/mol. The average Bonchev–Trinajstić information content (AvgIpc) is 2.36. The summed E-state index contributed by atoms with van der Waals surface area (Å²) in [7, 11) is 0. The molecule has 0 saturated carbocycles. The first-order valence-corrected chi connectivity index (χ1v) is 6.12. The summed E-state index contributed by atoms with van der Waals surface area (Å²) in [4.78, 5) is 7.92. The van der Waals surface area contributed by atoms with Crippen LogP contribution in [0.3, 0.4) is 0 Å². The largest absolute Gasteiger partial charge is 0.417 e. The van der Waals surface area contributed by atoms with Crippen LogP contribution in [0.15, 0.2) is 24.3 Å². The van der Waals surface area contributed by atoms with Crippen LogP contribution in [0.25, 0.3) is 11.4 Å². The fourth-order valence-corrected chi connectivity index (χ4v) is 1.91. The number of halogens is 5. The van der Waals surface area contributed by atoms with Gasteiger partial charge in [-0.3, -0.25) is 0 Å². The highest BCUT2D eigenvalue weighted by Crippen LogP contribution is 2.36. The van der Waals surface area contributed by atoms with Gasteiger partial charge in [0.15, 0.2) is 5.82 Å². The van der Waals surface area contributed by atoms with Crippen molar-refractivity contribution in [3.63, 3.8) is 0 Å². The van der Waals surface area contributed by atoms with Crippen LogP contribution in [-0.4, -0.2) is 9.97 Å². The van der Waals surface area contributed by atoms with Crippen molar-refractivity contribution < 1.29 is 17.6 Å². The number of alkyl halides is 4. The Labute approximate surface area is 117 Å². The Balaban J connectivity index is 2.66. The van der Waals surface area contributed by atoms with Gasteiger partial charge in [0, 0.05) is 11.3 Å². The van der Waals surface area contributed by atoms with Gasteiger partial charge in [0.1, 0.15) is 5.82 Å². The van der Waals surface area contributed by atoms with Crippen LogP contribution >= 0.6 is 11.6 Å². The van der Waals surface area contributed by atoms with Gasteiger partial charge in [-0.25, -0.2) is 14.4 Å². The molecule has 0 amide bonds. The molecule has 0 atom stereocenters. The molecule has 0 N–H and O–H groups in total. The monoisotopic (exact) mass is 304 g/mol. The number of nitrogens with zero attached hydrogens (tertiary/aromatic N) is 2. The fraction of sp³-hybridized carbons (Fsp3) is 0.231. The lowest BCUT2D eigenvalue weighted by atomic mass is 10.1. The van der Waals surface area contributed by atoms with E-state index < -0.39 is 17.6 Å². The predicted octanol–water partition coefficient (Wildman–Crippen LogP) is 4.35. The second-order valence-electron chi connectivity index (χ2n) is 4.15. The lowest BCUT2D eigenvalue weighted by Gasteiger charge is -2.13. The maximum atomic E-state index is 13.1. The van der Waals surface area contributed by atoms with E-state index in [1.165, 1.54) is 0 Å². The van der Waals surface area contributed by atoms with Crippen LogP contribution in [0.2, 0.25) is 0 Å². The summed E-state index contributed by atoms with van der Waals surface area (Å²) in [6.45, 7) is 1.62. The molecule has 0 unspecified atom stereocenters. The molecule has 1 heterocycles. The number of rotatable bonds is 2. The minimum atomic E-state index is -4.69. The second kappa shape index (κ2) is 5.36. The predicted molar refractivity (Wildman–Crippen MR) is 66.7 cm³/mol. The van der Waals surface area contributed by atoms with E-state index in [0.29, 0.717) is 17.5 Å². The van der Waals surface area contributed by atoms with Crippen molar-refractivity contribution in [3.05, 3.63) is 47.0 Å². The highest BCUT2D eigenvalue weighted by Gasteiger charge is 2.35. The molecule has 106 valence electrons. The molecule has 2 nitrogen and oxygen atoms in total. The normalized spacial score (nSPS) is 11.7. The molecule has 20 heavy (non-hydrogen) atoms. The van der Waals surface area contributed by atoms with E-state index in [1.807, 2.05) is 0 Å². The Hall–Kier alpha value is -1.69. The first-order chi connectivity index (χ1) is 9.31. The quantitative estimate of drug-likeness (QED) is 0.609. The van der Waals surface area contributed by atoms with Gasteiger partial charge in [-0.15, -0.1) is 11.6 Å². The summed E-state index contributed by atoms with van der Waals surface area (Å²) < 4.78 is 51.9. The van der Waals surface area contributed by atoms with Crippen molar-refractivity contribution in [2.24, 2.45) is 0 Å². The molecule has 1 aromatic heterocycles. The summed E-state index contributed by atoms with van der Waals surface area (Å²) >= 11 is 5.64. The Morgan fingerprint density at radius 2 is 1.85 bits per heavy atom. The van der Waals surface area contributed by atoms with Gasteiger partial charge in [0.25, 0.3) is 0 Å². The van der Waals surface area contributed by atoms with Crippen molar-refractivity contribution in [3.8, 4) is 11.4 Å². The first-order valence-electron chi connectivity index (χ1n) is 5.59. The third-order valence-corrected chi connectivity index (χ3v) is 2.85. The maximum absolute atomic E-state index is 13.1. The summed E-state index contributed by atoms with van der Waals surface area (Å²) in [6, 6.07) is 3.97. The topological polar surface area (TPSA) is 25.8 Å². The van der Waals surface area contributed by atoms with Crippen LogP contribution in [0.5, 0.6) is 0 Å². The van der Waals surface area contributed by atoms with E-state index in [-0.39, 0.29) is 17.3 Å². The molecule has 0 saturated heterocycles. The van der Waals surface area contributed by atoms with Gasteiger partial charge in [-0.2, -0.15) is 13.2 Å². The van der Waals surface area contributed by atoms with Crippen LogP contribution in [0.4, 0.5) is 17.6 Å². The van der Waals surface area contributed by atoms with Gasteiger partial charge in [0.05, 0.1) is 17.1 Å². The SMILES string of the molecule is Cc1cc(CCl)nc(-c2ccc(F)cc2C(F)(F)F)n1. The number of aromatic nitrogens is 2. The van der Waals surface area contributed by atoms with E-state index in [1.54, 1.807) is 13.0 Å². The third kappa shape index (κ3) is 3.07. The van der Waals surface area contributed by atoms with Gasteiger partial charge >= 0.3 is 6.18 Å². The highest BCUT2D eigenvalue weighted by molar-refractivity contribution is 6.16. The lowest BCUT2D eigenvalue weighted by Crippen LogP contribution is -2.09. The van der Waals surface area contributed by atoms with Crippen molar-refractivity contribution >= 4 is 11.6 Å². The lowest BCUT2D eigenvalue weighted by molar-refractivity contribution is -0.137. The van der Waals surface area contributed by atoms with Crippen LogP contribution in [0, 0.1) is 12.7 Å². The molecule has 0 fully saturated rings. The minimum Gasteiger partial charge on any atom is -0.233 e. The smallest absolute Gasteiger partial charge is 0.233 e. The summed E-state index contributed by atoms with van der Waals surface area (Å²) in [5.41, 5.74) is -0.479. The molecule has 0 spiro atoms. The highest BCUT2D eigenvalue weighted by atomic mass is 35.5. The summed E-state index contributed by atoms with van der Waals surface area (Å²) in [5, 5.41) is 0. The molecule has 0 aliphatic heterocycles. The molecule has 1 aromatic carbocycles. The fourth-order valence-electron chi connectivity index (χ4n) is 1.77. The third-order valence-electron chi connectivity index (χ3n) is 2.57. The van der Waals surface area contributed by atoms with Crippen molar-refractivity contribution in [2.45, 2.75) is 19.0 Å². The Morgan fingerprint density at radius 1 is 1.15 bits per heavy atom. The second-order valence-corrected chi connectivity index (χ2v) is 4.41. The van der Waals surface area contributed by atoms with E-state index >= 15 is 0 Å². The van der Waals surface area contributed by atoms with E-state index in [9.17, 15) is 17.6 Å². The zero-order valence-electron chi connectivity index (χ0n) is 10.3. The van der Waals surface area contributed by atoms with Crippen LogP contribution in [-0.2, 0) is 12.1 Å². The van der Waals surface area contributed by atoms with Gasteiger partial charge in [-0.05, 0) is 31.2 Å². The van der Waals surface area contributed by atoms with Gasteiger partial charge in [0.2, 0.25) is 0 Å². The number of aryl methyl sites for hydroxylation is 1. The molecule has 7 heteroatoms. The Bertz CT molecular complexity index is 641. The van der Waals surface area contributed by atoms with E-state index in [2.05, 4.69) is 9.97 Å². The molecule has 2 rings (SSSR count). The van der Waals surface area contributed by atoms with Crippen LogP contribution in [0.1, 0.15) is 17.0 Å². The maximum Gasteiger partial charge on any atom is 0.417 e. The van der Waals surface area contributed by atoms with Gasteiger partial charge in [-0.1, -0.05) is 0 Å². The number of hydrogen-bond donors (Lipinski definition) is 0. The van der Waals surface area contributed by atoms with Crippen molar-refractivity contribution in [1.29, 1.82) is 0 Å². The zero-order chi connectivity index (χ0) is 14.9. The Morgan fingerprint density at radius 3 is 2.45 bits per heavy atom. The number of hydrogen-bond acceptors (Lipinski definition) is 2. The van der Waals surface area contributed by atoms with E-state index in [4.69, 9.17) is 11.6 Å². The molecule has 0 bridgehead atoms. The zero-order valence-corrected chi connectivity index (χ0v) is 11.1. The molecule has 2 aromatic rings. The Kier molecular flexibility index (Phi) is 3.94. The number of benzene rings is 1. The minimum absolute atomic E-state index is 0.0545.